The molecule has 2 aliphatic carbocycles. The van der Waals surface area contributed by atoms with E-state index < -0.39 is 26.2 Å². The smallest absolute Gasteiger partial charge is 0.269 e. The number of ketones is 1. The van der Waals surface area contributed by atoms with Crippen LogP contribution in [0.15, 0.2) is 24.3 Å². The van der Waals surface area contributed by atoms with Crippen LogP contribution in [0.2, 0.25) is 0 Å². The Hall–Kier alpha value is -1.84. The van der Waals surface area contributed by atoms with Crippen LogP contribution in [0.25, 0.3) is 0 Å². The molecule has 2 bridgehead atoms. The summed E-state index contributed by atoms with van der Waals surface area (Å²) in [7, 11) is -4.08. The standard InChI is InChI=1S/C10H16O4S.C8H10N2O2/c1-9(2)7-3-4-10(9,8(11)5-7)6-15(12,13)14;1-6(9)7-3-2-4-8(5-7)10(11)12/h7H,3-6H2,1-2H3,(H,12,13,14);2-6H,9H2,1H3/t7?,10-;6-/m10/s1. The summed E-state index contributed by atoms with van der Waals surface area (Å²) in [4.78, 5) is 21.8. The molecule has 0 saturated heterocycles. The van der Waals surface area contributed by atoms with Crippen LogP contribution < -0.4 is 5.73 Å². The molecule has 3 atom stereocenters. The molecule has 1 aromatic rings. The Labute approximate surface area is 159 Å². The highest BCUT2D eigenvalue weighted by Crippen LogP contribution is 2.64. The molecule has 0 aromatic heterocycles. The first-order chi connectivity index (χ1) is 12.3. The number of Topliss-reactive ketones (excluding diaryl/α,β-unsaturated/α-hetero) is 1. The number of carbonyl (C=O) groups is 1. The molecule has 0 amide bonds. The maximum atomic E-state index is 11.9. The van der Waals surface area contributed by atoms with E-state index in [0.29, 0.717) is 12.8 Å². The summed E-state index contributed by atoms with van der Waals surface area (Å²) in [6.45, 7) is 5.68. The van der Waals surface area contributed by atoms with Gasteiger partial charge in [0, 0.05) is 24.6 Å². The van der Waals surface area contributed by atoms with E-state index in [4.69, 9.17) is 10.3 Å². The quantitative estimate of drug-likeness (QED) is 0.451. The molecule has 3 N–H and O–H groups in total. The van der Waals surface area contributed by atoms with Gasteiger partial charge in [-0.15, -0.1) is 0 Å². The highest BCUT2D eigenvalue weighted by atomic mass is 32.2. The van der Waals surface area contributed by atoms with E-state index in [0.717, 1.165) is 12.0 Å². The van der Waals surface area contributed by atoms with Crippen molar-refractivity contribution in [1.82, 2.24) is 0 Å². The number of hydrogen-bond donors (Lipinski definition) is 2. The molecule has 1 unspecified atom stereocenters. The summed E-state index contributed by atoms with van der Waals surface area (Å²) in [6, 6.07) is 6.19. The molecule has 0 spiro atoms. The van der Waals surface area contributed by atoms with E-state index in [2.05, 4.69) is 0 Å². The summed E-state index contributed by atoms with van der Waals surface area (Å²) >= 11 is 0. The van der Waals surface area contributed by atoms with Gasteiger partial charge in [0.15, 0.2) is 0 Å². The lowest BCUT2D eigenvalue weighted by Gasteiger charge is -2.35. The lowest BCUT2D eigenvalue weighted by molar-refractivity contribution is -0.384. The molecule has 2 aliphatic rings. The van der Waals surface area contributed by atoms with Crippen LogP contribution in [0.1, 0.15) is 51.6 Å². The third-order valence-electron chi connectivity index (χ3n) is 6.17. The van der Waals surface area contributed by atoms with E-state index in [-0.39, 0.29) is 28.8 Å². The van der Waals surface area contributed by atoms with Crippen LogP contribution in [0.4, 0.5) is 5.69 Å². The van der Waals surface area contributed by atoms with Crippen molar-refractivity contribution < 1.29 is 22.7 Å². The molecule has 27 heavy (non-hydrogen) atoms. The normalized spacial score (nSPS) is 27.0. The van der Waals surface area contributed by atoms with Crippen molar-refractivity contribution in [3.05, 3.63) is 39.9 Å². The van der Waals surface area contributed by atoms with Gasteiger partial charge < -0.3 is 5.73 Å². The zero-order valence-electron chi connectivity index (χ0n) is 15.7. The highest BCUT2D eigenvalue weighted by Gasteiger charge is 2.65. The second kappa shape index (κ2) is 7.29. The Balaban J connectivity index is 0.000000199. The molecule has 0 heterocycles. The minimum absolute atomic E-state index is 0.0152. The van der Waals surface area contributed by atoms with Gasteiger partial charge in [-0.3, -0.25) is 19.5 Å². The fourth-order valence-electron chi connectivity index (χ4n) is 4.34. The zero-order valence-corrected chi connectivity index (χ0v) is 16.5. The van der Waals surface area contributed by atoms with Crippen molar-refractivity contribution in [2.75, 3.05) is 5.75 Å². The van der Waals surface area contributed by atoms with E-state index in [1.807, 2.05) is 13.8 Å². The molecular formula is C18H26N2O6S. The predicted octanol–water partition coefficient (Wildman–Crippen LogP) is 2.88. The van der Waals surface area contributed by atoms with E-state index in [1.54, 1.807) is 19.1 Å². The Morgan fingerprint density at radius 1 is 1.41 bits per heavy atom. The van der Waals surface area contributed by atoms with E-state index in [1.165, 1.54) is 12.1 Å². The number of hydrogen-bond acceptors (Lipinski definition) is 6. The van der Waals surface area contributed by atoms with Gasteiger partial charge in [-0.25, -0.2) is 0 Å². The van der Waals surface area contributed by atoms with Crippen molar-refractivity contribution in [2.45, 2.75) is 46.1 Å². The van der Waals surface area contributed by atoms with Crippen LogP contribution in [0.5, 0.6) is 0 Å². The molecule has 2 fully saturated rings. The van der Waals surface area contributed by atoms with Crippen molar-refractivity contribution in [3.8, 4) is 0 Å². The van der Waals surface area contributed by atoms with Gasteiger partial charge in [0.05, 0.1) is 16.1 Å². The van der Waals surface area contributed by atoms with Crippen molar-refractivity contribution in [2.24, 2.45) is 22.5 Å². The lowest BCUT2D eigenvalue weighted by atomic mass is 9.70. The number of nitro groups is 1. The number of rotatable bonds is 4. The van der Waals surface area contributed by atoms with Gasteiger partial charge in [0.2, 0.25) is 0 Å². The van der Waals surface area contributed by atoms with Gasteiger partial charge in [-0.1, -0.05) is 26.0 Å². The van der Waals surface area contributed by atoms with Gasteiger partial charge in [0.1, 0.15) is 5.78 Å². The van der Waals surface area contributed by atoms with Crippen LogP contribution >= 0.6 is 0 Å². The summed E-state index contributed by atoms with van der Waals surface area (Å²) in [5, 5.41) is 10.3. The van der Waals surface area contributed by atoms with Crippen molar-refractivity contribution in [3.63, 3.8) is 0 Å². The highest BCUT2D eigenvalue weighted by molar-refractivity contribution is 7.85. The van der Waals surface area contributed by atoms with Crippen molar-refractivity contribution >= 4 is 21.6 Å². The number of nitrogens with zero attached hydrogens (tertiary/aromatic N) is 1. The Bertz CT molecular complexity index is 849. The Morgan fingerprint density at radius 3 is 2.44 bits per heavy atom. The van der Waals surface area contributed by atoms with Gasteiger partial charge >= 0.3 is 0 Å². The summed E-state index contributed by atoms with van der Waals surface area (Å²) in [6.07, 6.45) is 1.97. The zero-order chi connectivity index (χ0) is 20.6. The minimum atomic E-state index is -4.08. The Morgan fingerprint density at radius 2 is 2.04 bits per heavy atom. The fourth-order valence-corrected chi connectivity index (χ4v) is 5.64. The predicted molar refractivity (Wildman–Crippen MR) is 101 cm³/mol. The van der Waals surface area contributed by atoms with Crippen molar-refractivity contribution in [1.29, 1.82) is 0 Å². The molecule has 0 radical (unpaired) electrons. The van der Waals surface area contributed by atoms with Gasteiger partial charge in [0.25, 0.3) is 15.8 Å². The molecular weight excluding hydrogens is 372 g/mol. The van der Waals surface area contributed by atoms with Gasteiger partial charge in [-0.2, -0.15) is 8.42 Å². The minimum Gasteiger partial charge on any atom is -0.324 e. The van der Waals surface area contributed by atoms with Crippen LogP contribution in [-0.4, -0.2) is 29.4 Å². The molecule has 3 rings (SSSR count). The SMILES string of the molecule is CC1(C)C2CC[C@@]1(CS(=O)(=O)O)C(=O)C2.C[C@H](N)c1cccc([N+](=O)[O-])c1. The lowest BCUT2D eigenvalue weighted by Crippen LogP contribution is -2.42. The number of carbonyl (C=O) groups excluding carboxylic acids is 1. The maximum Gasteiger partial charge on any atom is 0.269 e. The van der Waals surface area contributed by atoms with E-state index in [9.17, 15) is 23.3 Å². The van der Waals surface area contributed by atoms with Crippen LogP contribution in [0, 0.1) is 26.9 Å². The Kier molecular flexibility index (Phi) is 5.79. The first kappa shape index (κ1) is 21.5. The molecule has 1 aromatic carbocycles. The fraction of sp³-hybridized carbons (Fsp3) is 0.611. The van der Waals surface area contributed by atoms with E-state index >= 15 is 0 Å². The second-order valence-electron chi connectivity index (χ2n) is 8.03. The summed E-state index contributed by atoms with van der Waals surface area (Å²) in [5.74, 6) is -0.101. The van der Waals surface area contributed by atoms with Crippen LogP contribution in [-0.2, 0) is 14.9 Å². The first-order valence-corrected chi connectivity index (χ1v) is 10.4. The largest absolute Gasteiger partial charge is 0.324 e. The maximum absolute atomic E-state index is 11.9. The average molecular weight is 398 g/mol. The third kappa shape index (κ3) is 4.20. The van der Waals surface area contributed by atoms with Gasteiger partial charge in [-0.05, 0) is 36.7 Å². The number of fused-ring (bicyclic) bond motifs is 2. The molecule has 9 heteroatoms. The number of nitro benzene ring substituents is 1. The number of nitrogens with two attached hydrogens (primary N) is 1. The monoisotopic (exact) mass is 398 g/mol. The number of non-ortho nitro benzene ring substituents is 1. The summed E-state index contributed by atoms with van der Waals surface area (Å²) < 4.78 is 31.0. The molecule has 8 nitrogen and oxygen atoms in total. The average Bonchev–Trinajstić information content (AvgIpc) is 2.88. The topological polar surface area (TPSA) is 141 Å². The molecule has 0 aliphatic heterocycles. The van der Waals surface area contributed by atoms with Crippen LogP contribution in [0.3, 0.4) is 0 Å². The first-order valence-electron chi connectivity index (χ1n) is 8.78. The second-order valence-corrected chi connectivity index (χ2v) is 9.49. The molecule has 150 valence electrons. The third-order valence-corrected chi connectivity index (χ3v) is 7.03. The summed E-state index contributed by atoms with van der Waals surface area (Å²) in [5.41, 5.74) is 5.31. The number of benzene rings is 1. The molecule has 2 saturated carbocycles.